The third kappa shape index (κ3) is 3.61. The van der Waals surface area contributed by atoms with Gasteiger partial charge in [0.25, 0.3) is 0 Å². The molecule has 1 heterocycles. The maximum atomic E-state index is 12.1. The number of aryl methyl sites for hydroxylation is 2. The van der Waals surface area contributed by atoms with Gasteiger partial charge in [0.15, 0.2) is 0 Å². The number of aromatic nitrogens is 2. The average molecular weight is 304 g/mol. The maximum absolute atomic E-state index is 12.1. The van der Waals surface area contributed by atoms with Crippen LogP contribution in [0, 0.1) is 13.8 Å². The molecule has 0 saturated carbocycles. The van der Waals surface area contributed by atoms with Gasteiger partial charge in [-0.15, -0.1) is 0 Å². The van der Waals surface area contributed by atoms with Crippen molar-refractivity contribution in [2.75, 3.05) is 0 Å². The van der Waals surface area contributed by atoms with Gasteiger partial charge in [-0.1, -0.05) is 29.8 Å². The molecule has 0 spiro atoms. The molecule has 0 fully saturated rings. The molecule has 0 bridgehead atoms. The Kier molecular flexibility index (Phi) is 4.15. The van der Waals surface area contributed by atoms with Gasteiger partial charge in [0.2, 0.25) is 0 Å². The Hall–Kier alpha value is -3.01. The highest BCUT2D eigenvalue weighted by Crippen LogP contribution is 2.19. The first-order valence-corrected chi connectivity index (χ1v) is 7.30. The SMILES string of the molecule is Cc1ccc(OC(=O)c2ccc(-c3cnc(C)nc3)cc2)cc1. The molecule has 3 rings (SSSR count). The third-order valence-corrected chi connectivity index (χ3v) is 3.47. The van der Waals surface area contributed by atoms with Crippen LogP contribution in [0.4, 0.5) is 0 Å². The van der Waals surface area contributed by atoms with Crippen LogP contribution in [-0.4, -0.2) is 15.9 Å². The first-order chi connectivity index (χ1) is 11.1. The number of hydrogen-bond donors (Lipinski definition) is 0. The molecule has 4 heteroatoms. The molecule has 114 valence electrons. The zero-order valence-corrected chi connectivity index (χ0v) is 13.0. The average Bonchev–Trinajstić information content (AvgIpc) is 2.58. The van der Waals surface area contributed by atoms with Gasteiger partial charge in [-0.05, 0) is 43.7 Å². The van der Waals surface area contributed by atoms with E-state index in [1.54, 1.807) is 36.7 Å². The Balaban J connectivity index is 1.74. The summed E-state index contributed by atoms with van der Waals surface area (Å²) in [4.78, 5) is 20.5. The fraction of sp³-hybridized carbons (Fsp3) is 0.105. The Morgan fingerprint density at radius 2 is 1.43 bits per heavy atom. The molecule has 0 saturated heterocycles. The van der Waals surface area contributed by atoms with Crippen molar-refractivity contribution in [3.63, 3.8) is 0 Å². The summed E-state index contributed by atoms with van der Waals surface area (Å²) in [5.41, 5.74) is 3.49. The van der Waals surface area contributed by atoms with Crippen LogP contribution in [-0.2, 0) is 0 Å². The predicted molar refractivity (Wildman–Crippen MR) is 88.3 cm³/mol. The van der Waals surface area contributed by atoms with E-state index in [1.807, 2.05) is 38.1 Å². The van der Waals surface area contributed by atoms with Crippen molar-refractivity contribution >= 4 is 5.97 Å². The minimum absolute atomic E-state index is 0.374. The second-order valence-electron chi connectivity index (χ2n) is 5.30. The zero-order valence-electron chi connectivity index (χ0n) is 13.0. The second-order valence-corrected chi connectivity index (χ2v) is 5.30. The number of esters is 1. The highest BCUT2D eigenvalue weighted by atomic mass is 16.5. The van der Waals surface area contributed by atoms with E-state index in [9.17, 15) is 4.79 Å². The standard InChI is InChI=1S/C19H16N2O2/c1-13-3-9-18(10-4-13)23-19(22)16-7-5-15(6-8-16)17-11-20-14(2)21-12-17/h3-12H,1-2H3. The topological polar surface area (TPSA) is 52.1 Å². The molecule has 23 heavy (non-hydrogen) atoms. The summed E-state index contributed by atoms with van der Waals surface area (Å²) in [5, 5.41) is 0. The van der Waals surface area contributed by atoms with Crippen LogP contribution in [0.1, 0.15) is 21.7 Å². The van der Waals surface area contributed by atoms with E-state index in [2.05, 4.69) is 9.97 Å². The summed E-state index contributed by atoms with van der Waals surface area (Å²) < 4.78 is 5.35. The number of carbonyl (C=O) groups is 1. The first-order valence-electron chi connectivity index (χ1n) is 7.30. The van der Waals surface area contributed by atoms with Gasteiger partial charge in [-0.2, -0.15) is 0 Å². The first kappa shape index (κ1) is 14.9. The number of ether oxygens (including phenoxy) is 1. The van der Waals surface area contributed by atoms with Gasteiger partial charge >= 0.3 is 5.97 Å². The number of carbonyl (C=O) groups excluding carboxylic acids is 1. The molecule has 0 atom stereocenters. The largest absolute Gasteiger partial charge is 0.423 e. The van der Waals surface area contributed by atoms with Gasteiger partial charge in [0.05, 0.1) is 5.56 Å². The highest BCUT2D eigenvalue weighted by Gasteiger charge is 2.09. The van der Waals surface area contributed by atoms with Crippen LogP contribution < -0.4 is 4.74 Å². The normalized spacial score (nSPS) is 10.3. The van der Waals surface area contributed by atoms with E-state index in [0.29, 0.717) is 11.3 Å². The Morgan fingerprint density at radius 1 is 0.826 bits per heavy atom. The van der Waals surface area contributed by atoms with Crippen LogP contribution in [0.5, 0.6) is 5.75 Å². The smallest absolute Gasteiger partial charge is 0.343 e. The fourth-order valence-corrected chi connectivity index (χ4v) is 2.11. The molecule has 0 unspecified atom stereocenters. The maximum Gasteiger partial charge on any atom is 0.343 e. The molecule has 0 aliphatic carbocycles. The van der Waals surface area contributed by atoms with Gasteiger partial charge < -0.3 is 4.74 Å². The van der Waals surface area contributed by atoms with E-state index in [1.165, 1.54) is 0 Å². The number of hydrogen-bond acceptors (Lipinski definition) is 4. The summed E-state index contributed by atoms with van der Waals surface area (Å²) in [5.74, 6) is 0.893. The van der Waals surface area contributed by atoms with Crippen LogP contribution in [0.3, 0.4) is 0 Å². The van der Waals surface area contributed by atoms with Crippen molar-refractivity contribution in [1.29, 1.82) is 0 Å². The molecule has 0 aliphatic heterocycles. The molecule has 0 radical (unpaired) electrons. The summed E-state index contributed by atoms with van der Waals surface area (Å²) in [7, 11) is 0. The minimum Gasteiger partial charge on any atom is -0.423 e. The monoisotopic (exact) mass is 304 g/mol. The molecule has 4 nitrogen and oxygen atoms in total. The molecule has 1 aromatic heterocycles. The van der Waals surface area contributed by atoms with Crippen molar-refractivity contribution < 1.29 is 9.53 Å². The zero-order chi connectivity index (χ0) is 16.2. The minimum atomic E-state index is -0.374. The lowest BCUT2D eigenvalue weighted by atomic mass is 10.1. The Labute approximate surface area is 134 Å². The van der Waals surface area contributed by atoms with Gasteiger partial charge in [0.1, 0.15) is 11.6 Å². The van der Waals surface area contributed by atoms with Crippen molar-refractivity contribution in [3.05, 3.63) is 77.9 Å². The summed E-state index contributed by atoms with van der Waals surface area (Å²) >= 11 is 0. The van der Waals surface area contributed by atoms with Crippen molar-refractivity contribution in [2.24, 2.45) is 0 Å². The summed E-state index contributed by atoms with van der Waals surface area (Å²) in [6, 6.07) is 14.6. The molecule has 0 aliphatic rings. The Morgan fingerprint density at radius 3 is 2.04 bits per heavy atom. The number of benzene rings is 2. The highest BCUT2D eigenvalue weighted by molar-refractivity contribution is 5.91. The molecule has 2 aromatic carbocycles. The summed E-state index contributed by atoms with van der Waals surface area (Å²) in [6.45, 7) is 3.83. The molecular weight excluding hydrogens is 288 g/mol. The lowest BCUT2D eigenvalue weighted by Crippen LogP contribution is -2.08. The van der Waals surface area contributed by atoms with Crippen molar-refractivity contribution in [1.82, 2.24) is 9.97 Å². The lowest BCUT2D eigenvalue weighted by molar-refractivity contribution is 0.0735. The summed E-state index contributed by atoms with van der Waals surface area (Å²) in [6.07, 6.45) is 3.53. The molecule has 0 amide bonds. The molecule has 3 aromatic rings. The van der Waals surface area contributed by atoms with Crippen molar-refractivity contribution in [2.45, 2.75) is 13.8 Å². The van der Waals surface area contributed by atoms with E-state index < -0.39 is 0 Å². The van der Waals surface area contributed by atoms with Crippen LogP contribution in [0.15, 0.2) is 60.9 Å². The van der Waals surface area contributed by atoms with Crippen molar-refractivity contribution in [3.8, 4) is 16.9 Å². The second kappa shape index (κ2) is 6.40. The van der Waals surface area contributed by atoms with Crippen LogP contribution >= 0.6 is 0 Å². The Bertz CT molecular complexity index is 807. The van der Waals surface area contributed by atoms with E-state index in [0.717, 1.165) is 22.5 Å². The number of nitrogens with zero attached hydrogens (tertiary/aromatic N) is 2. The van der Waals surface area contributed by atoms with Gasteiger partial charge in [0, 0.05) is 18.0 Å². The number of rotatable bonds is 3. The van der Waals surface area contributed by atoms with Gasteiger partial charge in [-0.25, -0.2) is 14.8 Å². The molecule has 0 N–H and O–H groups in total. The van der Waals surface area contributed by atoms with E-state index in [-0.39, 0.29) is 5.97 Å². The quantitative estimate of drug-likeness (QED) is 0.542. The van der Waals surface area contributed by atoms with E-state index >= 15 is 0 Å². The van der Waals surface area contributed by atoms with Gasteiger partial charge in [-0.3, -0.25) is 0 Å². The fourth-order valence-electron chi connectivity index (χ4n) is 2.11. The molecular formula is C19H16N2O2. The van der Waals surface area contributed by atoms with E-state index in [4.69, 9.17) is 4.74 Å². The van der Waals surface area contributed by atoms with Crippen LogP contribution in [0.2, 0.25) is 0 Å². The predicted octanol–water partition coefficient (Wildman–Crippen LogP) is 3.98. The lowest BCUT2D eigenvalue weighted by Gasteiger charge is -2.06. The van der Waals surface area contributed by atoms with Crippen LogP contribution in [0.25, 0.3) is 11.1 Å². The third-order valence-electron chi connectivity index (χ3n) is 3.47.